The predicted octanol–water partition coefficient (Wildman–Crippen LogP) is 11.9. The van der Waals surface area contributed by atoms with Gasteiger partial charge in [-0.25, -0.2) is 8.78 Å². The molecule has 256 valence electrons. The van der Waals surface area contributed by atoms with E-state index in [1.165, 1.54) is 19.3 Å². The number of benzene rings is 2. The van der Waals surface area contributed by atoms with Crippen molar-refractivity contribution in [2.24, 2.45) is 0 Å². The molecule has 0 aliphatic heterocycles. The molecule has 3 atom stereocenters. The van der Waals surface area contributed by atoms with E-state index in [0.29, 0.717) is 31.1 Å². The Morgan fingerprint density at radius 2 is 1.39 bits per heavy atom. The van der Waals surface area contributed by atoms with Crippen LogP contribution in [-0.2, 0) is 19.9 Å². The van der Waals surface area contributed by atoms with Crippen LogP contribution in [0.1, 0.15) is 123 Å². The van der Waals surface area contributed by atoms with E-state index >= 15 is 8.78 Å². The molecule has 2 aromatic rings. The van der Waals surface area contributed by atoms with Crippen molar-refractivity contribution < 1.29 is 27.7 Å². The molecule has 0 saturated heterocycles. The van der Waals surface area contributed by atoms with E-state index in [-0.39, 0.29) is 23.8 Å². The SMILES string of the molecule is CCCCCCCCOC1=C(F)C(F)(c2ccccc2-c2cccc(OC(OCCCCC)[C@H](CC)OCCCCC)c2)CC=C1. The van der Waals surface area contributed by atoms with Gasteiger partial charge in [0.05, 0.1) is 13.2 Å². The van der Waals surface area contributed by atoms with E-state index in [1.807, 2.05) is 36.4 Å². The minimum absolute atomic E-state index is 0.0122. The highest BCUT2D eigenvalue weighted by molar-refractivity contribution is 5.71. The van der Waals surface area contributed by atoms with Crippen molar-refractivity contribution in [3.8, 4) is 16.9 Å². The van der Waals surface area contributed by atoms with Crippen LogP contribution in [0.15, 0.2) is 72.3 Å². The van der Waals surface area contributed by atoms with Crippen molar-refractivity contribution in [3.63, 3.8) is 0 Å². The third-order valence-corrected chi connectivity index (χ3v) is 8.56. The summed E-state index contributed by atoms with van der Waals surface area (Å²) in [4.78, 5) is 0. The van der Waals surface area contributed by atoms with E-state index in [4.69, 9.17) is 18.9 Å². The zero-order chi connectivity index (χ0) is 33.0. The van der Waals surface area contributed by atoms with Crippen molar-refractivity contribution in [1.82, 2.24) is 0 Å². The van der Waals surface area contributed by atoms with Crippen molar-refractivity contribution in [3.05, 3.63) is 77.8 Å². The molecule has 46 heavy (non-hydrogen) atoms. The molecule has 0 bridgehead atoms. The summed E-state index contributed by atoms with van der Waals surface area (Å²) < 4.78 is 57.4. The molecule has 1 aliphatic carbocycles. The second-order valence-electron chi connectivity index (χ2n) is 12.4. The Labute approximate surface area is 277 Å². The molecule has 0 fully saturated rings. The van der Waals surface area contributed by atoms with Crippen LogP contribution in [0.25, 0.3) is 11.1 Å². The summed E-state index contributed by atoms with van der Waals surface area (Å²) in [7, 11) is 0. The number of hydrogen-bond donors (Lipinski definition) is 0. The first-order chi connectivity index (χ1) is 22.5. The highest BCUT2D eigenvalue weighted by atomic mass is 19.2. The van der Waals surface area contributed by atoms with Crippen LogP contribution >= 0.6 is 0 Å². The normalized spacial score (nSPS) is 17.7. The van der Waals surface area contributed by atoms with Gasteiger partial charge < -0.3 is 18.9 Å². The van der Waals surface area contributed by atoms with Gasteiger partial charge >= 0.3 is 0 Å². The highest BCUT2D eigenvalue weighted by Gasteiger charge is 2.42. The highest BCUT2D eigenvalue weighted by Crippen LogP contribution is 2.47. The third-order valence-electron chi connectivity index (χ3n) is 8.56. The molecular formula is C40H58F2O4. The maximum absolute atomic E-state index is 16.8. The van der Waals surface area contributed by atoms with Gasteiger partial charge in [-0.1, -0.05) is 128 Å². The van der Waals surface area contributed by atoms with Crippen molar-refractivity contribution >= 4 is 0 Å². The summed E-state index contributed by atoms with van der Waals surface area (Å²) in [6, 6.07) is 14.7. The number of ether oxygens (including phenoxy) is 4. The van der Waals surface area contributed by atoms with E-state index in [0.717, 1.165) is 69.8 Å². The van der Waals surface area contributed by atoms with E-state index < -0.39 is 17.8 Å². The van der Waals surface area contributed by atoms with E-state index in [9.17, 15) is 0 Å². The first kappa shape index (κ1) is 37.8. The van der Waals surface area contributed by atoms with Gasteiger partial charge in [0.25, 0.3) is 0 Å². The lowest BCUT2D eigenvalue weighted by Gasteiger charge is -2.29. The molecule has 3 rings (SSSR count). The smallest absolute Gasteiger partial charge is 0.226 e. The van der Waals surface area contributed by atoms with Gasteiger partial charge in [0.2, 0.25) is 6.29 Å². The molecule has 0 radical (unpaired) electrons. The number of alkyl halides is 1. The summed E-state index contributed by atoms with van der Waals surface area (Å²) in [6.07, 6.45) is 16.1. The minimum Gasteiger partial charge on any atom is -0.491 e. The van der Waals surface area contributed by atoms with E-state index in [1.54, 1.807) is 24.3 Å². The molecule has 0 saturated carbocycles. The van der Waals surface area contributed by atoms with E-state index in [2.05, 4.69) is 27.7 Å². The first-order valence-electron chi connectivity index (χ1n) is 18.0. The fourth-order valence-corrected chi connectivity index (χ4v) is 5.79. The summed E-state index contributed by atoms with van der Waals surface area (Å²) >= 11 is 0. The van der Waals surface area contributed by atoms with Crippen LogP contribution in [0.3, 0.4) is 0 Å². The Balaban J connectivity index is 1.80. The number of allylic oxidation sites excluding steroid dienone is 3. The maximum Gasteiger partial charge on any atom is 0.226 e. The molecule has 2 unspecified atom stereocenters. The number of unbranched alkanes of at least 4 members (excludes halogenated alkanes) is 9. The number of hydrogen-bond acceptors (Lipinski definition) is 4. The molecule has 0 spiro atoms. The molecule has 6 heteroatoms. The molecule has 0 amide bonds. The molecular weight excluding hydrogens is 582 g/mol. The molecule has 4 nitrogen and oxygen atoms in total. The molecule has 0 heterocycles. The largest absolute Gasteiger partial charge is 0.491 e. The van der Waals surface area contributed by atoms with Gasteiger partial charge in [-0.2, -0.15) is 0 Å². The Kier molecular flexibility index (Phi) is 17.4. The summed E-state index contributed by atoms with van der Waals surface area (Å²) in [5.74, 6) is -0.284. The van der Waals surface area contributed by atoms with Gasteiger partial charge in [-0.15, -0.1) is 0 Å². The average molecular weight is 641 g/mol. The fraction of sp³-hybridized carbons (Fsp3) is 0.600. The number of rotatable bonds is 24. The first-order valence-corrected chi connectivity index (χ1v) is 18.0. The zero-order valence-electron chi connectivity index (χ0n) is 28.8. The quantitative estimate of drug-likeness (QED) is 0.0845. The topological polar surface area (TPSA) is 36.9 Å². The second kappa shape index (κ2) is 21.2. The molecule has 2 aromatic carbocycles. The zero-order valence-corrected chi connectivity index (χ0v) is 28.8. The van der Waals surface area contributed by atoms with Crippen LogP contribution in [0.5, 0.6) is 5.75 Å². The maximum atomic E-state index is 16.8. The minimum atomic E-state index is -2.33. The lowest BCUT2D eigenvalue weighted by atomic mass is 9.83. The van der Waals surface area contributed by atoms with Crippen LogP contribution in [-0.4, -0.2) is 32.2 Å². The van der Waals surface area contributed by atoms with Gasteiger partial charge in [-0.3, -0.25) is 0 Å². The Morgan fingerprint density at radius 3 is 2.13 bits per heavy atom. The molecule has 1 aliphatic rings. The van der Waals surface area contributed by atoms with Crippen LogP contribution in [0.4, 0.5) is 8.78 Å². The van der Waals surface area contributed by atoms with Crippen molar-refractivity contribution in [1.29, 1.82) is 0 Å². The predicted molar refractivity (Wildman–Crippen MR) is 185 cm³/mol. The number of halogens is 2. The van der Waals surface area contributed by atoms with Crippen LogP contribution in [0, 0.1) is 0 Å². The van der Waals surface area contributed by atoms with Gasteiger partial charge in [0.15, 0.2) is 17.3 Å². The molecule has 0 aromatic heterocycles. The summed E-state index contributed by atoms with van der Waals surface area (Å²) in [6.45, 7) is 10.2. The second-order valence-corrected chi connectivity index (χ2v) is 12.4. The standard InChI is InChI=1S/C40H58F2O4/c1-5-9-12-13-14-19-29-44-37-26-21-27-40(42,38(37)41)35-25-16-15-24-34(35)32-22-20-23-33(31-32)46-39(45-30-18-11-7-3)36(8-4)43-28-17-10-6-2/h15-16,20-26,31,36,39H,5-14,17-19,27-30H2,1-4H3/t36-,39?,40?/m0/s1. The van der Waals surface area contributed by atoms with Crippen molar-refractivity contribution in [2.75, 3.05) is 19.8 Å². The van der Waals surface area contributed by atoms with Crippen molar-refractivity contribution in [2.45, 2.75) is 136 Å². The van der Waals surface area contributed by atoms with Gasteiger partial charge in [0, 0.05) is 18.6 Å². The lowest BCUT2D eigenvalue weighted by molar-refractivity contribution is -0.165. The van der Waals surface area contributed by atoms with Gasteiger partial charge in [-0.05, 0) is 55.0 Å². The van der Waals surface area contributed by atoms with Crippen LogP contribution < -0.4 is 4.74 Å². The monoisotopic (exact) mass is 640 g/mol. The Morgan fingerprint density at radius 1 is 0.739 bits per heavy atom. The fourth-order valence-electron chi connectivity index (χ4n) is 5.79. The molecule has 0 N–H and O–H groups in total. The lowest BCUT2D eigenvalue weighted by Crippen LogP contribution is -2.37. The third kappa shape index (κ3) is 11.5. The van der Waals surface area contributed by atoms with Crippen LogP contribution in [0.2, 0.25) is 0 Å². The van der Waals surface area contributed by atoms with Gasteiger partial charge in [0.1, 0.15) is 11.9 Å². The summed E-state index contributed by atoms with van der Waals surface area (Å²) in [5, 5.41) is 0. The Hall–Kier alpha value is -2.70. The summed E-state index contributed by atoms with van der Waals surface area (Å²) in [5.41, 5.74) is -0.709. The Bertz CT molecular complexity index is 1200. The average Bonchev–Trinajstić information content (AvgIpc) is 3.08.